The van der Waals surface area contributed by atoms with Crippen molar-refractivity contribution in [2.45, 2.75) is 51.6 Å². The lowest BCUT2D eigenvalue weighted by atomic mass is 9.98. The van der Waals surface area contributed by atoms with Gasteiger partial charge in [0, 0.05) is 65.4 Å². The Balaban J connectivity index is 1.66. The van der Waals surface area contributed by atoms with Crippen LogP contribution in [0.5, 0.6) is 0 Å². The van der Waals surface area contributed by atoms with Crippen molar-refractivity contribution in [3.8, 4) is 0 Å². The first-order valence-electron chi connectivity index (χ1n) is 10.4. The number of nitrogens with zero attached hydrogens (tertiary/aromatic N) is 3. The maximum Gasteiger partial charge on any atom is 0.257 e. The topological polar surface area (TPSA) is 66.2 Å². The second-order valence-electron chi connectivity index (χ2n) is 7.96. The number of furan rings is 1. The fourth-order valence-electron chi connectivity index (χ4n) is 4.37. The van der Waals surface area contributed by atoms with Gasteiger partial charge >= 0.3 is 0 Å². The van der Waals surface area contributed by atoms with Crippen LogP contribution in [0, 0.1) is 6.92 Å². The lowest BCUT2D eigenvalue weighted by molar-refractivity contribution is -0.131. The van der Waals surface area contributed by atoms with E-state index in [1.54, 1.807) is 24.2 Å². The maximum absolute atomic E-state index is 12.7. The van der Waals surface area contributed by atoms with Crippen molar-refractivity contribution in [2.24, 2.45) is 0 Å². The molecule has 0 spiro atoms. The van der Waals surface area contributed by atoms with E-state index in [9.17, 15) is 9.59 Å². The molecule has 2 amide bonds. The molecule has 0 radical (unpaired) electrons. The number of hydrogen-bond acceptors (Lipinski definition) is 5. The Bertz CT molecular complexity index is 668. The van der Waals surface area contributed by atoms with Crippen molar-refractivity contribution >= 4 is 11.8 Å². The van der Waals surface area contributed by atoms with Crippen molar-refractivity contribution in [3.05, 3.63) is 23.7 Å². The Morgan fingerprint density at radius 2 is 1.93 bits per heavy atom. The monoisotopic (exact) mass is 391 g/mol. The minimum Gasteiger partial charge on any atom is -0.469 e. The molecular formula is C21H33N3O4. The van der Waals surface area contributed by atoms with Crippen LogP contribution in [0.15, 0.2) is 16.7 Å². The fraction of sp³-hybridized carbons (Fsp3) is 0.714. The SMILES string of the molecule is CC(=O)N1CCCC(N(CCN(C)C(=O)c2ccoc2C)C2CCOCC2)C1. The van der Waals surface area contributed by atoms with Crippen LogP contribution in [0.25, 0.3) is 0 Å². The lowest BCUT2D eigenvalue weighted by Gasteiger charge is -2.44. The van der Waals surface area contributed by atoms with Gasteiger partial charge in [0.05, 0.1) is 11.8 Å². The van der Waals surface area contributed by atoms with Gasteiger partial charge in [-0.1, -0.05) is 0 Å². The Morgan fingerprint density at radius 3 is 2.57 bits per heavy atom. The third kappa shape index (κ3) is 4.94. The molecule has 0 saturated carbocycles. The van der Waals surface area contributed by atoms with Crippen LogP contribution in [-0.2, 0) is 9.53 Å². The third-order valence-corrected chi connectivity index (χ3v) is 6.10. The molecular weight excluding hydrogens is 358 g/mol. The van der Waals surface area contributed by atoms with Gasteiger partial charge in [0.2, 0.25) is 5.91 Å². The first-order valence-corrected chi connectivity index (χ1v) is 10.4. The summed E-state index contributed by atoms with van der Waals surface area (Å²) in [5, 5.41) is 0. The largest absolute Gasteiger partial charge is 0.469 e. The Labute approximate surface area is 167 Å². The van der Waals surface area contributed by atoms with Gasteiger partial charge in [0.25, 0.3) is 5.91 Å². The van der Waals surface area contributed by atoms with Crippen molar-refractivity contribution < 1.29 is 18.7 Å². The highest BCUT2D eigenvalue weighted by atomic mass is 16.5. The van der Waals surface area contributed by atoms with E-state index in [0.29, 0.717) is 30.0 Å². The minimum absolute atomic E-state index is 0.00724. The summed E-state index contributed by atoms with van der Waals surface area (Å²) in [5.74, 6) is 0.800. The molecule has 1 aromatic heterocycles. The average molecular weight is 392 g/mol. The molecule has 0 bridgehead atoms. The summed E-state index contributed by atoms with van der Waals surface area (Å²) >= 11 is 0. The van der Waals surface area contributed by atoms with Crippen LogP contribution >= 0.6 is 0 Å². The van der Waals surface area contributed by atoms with Gasteiger partial charge in [-0.05, 0) is 38.7 Å². The third-order valence-electron chi connectivity index (χ3n) is 6.10. The number of aryl methyl sites for hydroxylation is 1. The predicted octanol–water partition coefficient (Wildman–Crippen LogP) is 2.15. The standard InChI is InChI=1S/C21H33N3O4/c1-16-20(8-14-28-16)21(26)22(3)10-11-24(18-6-12-27-13-7-18)19-5-4-9-23(15-19)17(2)25/h8,14,18-19H,4-7,9-13,15H2,1-3H3. The number of likely N-dealkylation sites (tertiary alicyclic amines) is 1. The predicted molar refractivity (Wildman–Crippen MR) is 106 cm³/mol. The molecule has 7 heteroatoms. The average Bonchev–Trinajstić information content (AvgIpc) is 3.14. The van der Waals surface area contributed by atoms with Crippen LogP contribution in [0.1, 0.15) is 48.7 Å². The van der Waals surface area contributed by atoms with Crippen molar-refractivity contribution in [3.63, 3.8) is 0 Å². The maximum atomic E-state index is 12.7. The number of hydrogen-bond donors (Lipinski definition) is 0. The minimum atomic E-state index is -0.00724. The zero-order valence-electron chi connectivity index (χ0n) is 17.4. The zero-order chi connectivity index (χ0) is 20.1. The molecule has 7 nitrogen and oxygen atoms in total. The number of likely N-dealkylation sites (N-methyl/N-ethyl adjacent to an activating group) is 1. The van der Waals surface area contributed by atoms with Crippen LogP contribution in [0.2, 0.25) is 0 Å². The summed E-state index contributed by atoms with van der Waals surface area (Å²) in [6.07, 6.45) is 5.71. The quantitative estimate of drug-likeness (QED) is 0.743. The molecule has 2 aliphatic heterocycles. The number of ether oxygens (including phenoxy) is 1. The van der Waals surface area contributed by atoms with E-state index in [-0.39, 0.29) is 11.8 Å². The zero-order valence-corrected chi connectivity index (χ0v) is 17.4. The molecule has 2 aliphatic rings. The van der Waals surface area contributed by atoms with E-state index >= 15 is 0 Å². The van der Waals surface area contributed by atoms with Gasteiger partial charge in [-0.3, -0.25) is 14.5 Å². The highest BCUT2D eigenvalue weighted by Crippen LogP contribution is 2.23. The fourth-order valence-corrected chi connectivity index (χ4v) is 4.37. The summed E-state index contributed by atoms with van der Waals surface area (Å²) in [5.41, 5.74) is 0.625. The summed E-state index contributed by atoms with van der Waals surface area (Å²) < 4.78 is 10.8. The van der Waals surface area contributed by atoms with Gasteiger partial charge in [-0.25, -0.2) is 0 Å². The molecule has 3 rings (SSSR count). The molecule has 1 atom stereocenters. The van der Waals surface area contributed by atoms with Gasteiger partial charge in [0.1, 0.15) is 5.76 Å². The molecule has 1 aromatic rings. The first kappa shape index (κ1) is 20.9. The summed E-state index contributed by atoms with van der Waals surface area (Å²) in [7, 11) is 1.85. The second-order valence-corrected chi connectivity index (χ2v) is 7.96. The Morgan fingerprint density at radius 1 is 1.18 bits per heavy atom. The number of carbonyl (C=O) groups is 2. The van der Waals surface area contributed by atoms with Crippen LogP contribution in [0.4, 0.5) is 0 Å². The van der Waals surface area contributed by atoms with Crippen LogP contribution in [0.3, 0.4) is 0 Å². The van der Waals surface area contributed by atoms with Gasteiger partial charge in [-0.2, -0.15) is 0 Å². The summed E-state index contributed by atoms with van der Waals surface area (Å²) in [6.45, 7) is 8.13. The number of amides is 2. The van der Waals surface area contributed by atoms with Gasteiger partial charge in [0.15, 0.2) is 0 Å². The molecule has 0 aromatic carbocycles. The van der Waals surface area contributed by atoms with E-state index in [0.717, 1.165) is 58.5 Å². The van der Waals surface area contributed by atoms with Gasteiger partial charge in [-0.15, -0.1) is 0 Å². The molecule has 2 fully saturated rings. The van der Waals surface area contributed by atoms with Crippen molar-refractivity contribution in [2.75, 3.05) is 46.4 Å². The number of piperidine rings is 1. The lowest BCUT2D eigenvalue weighted by Crippen LogP contribution is -2.55. The second kappa shape index (κ2) is 9.56. The molecule has 3 heterocycles. The molecule has 0 N–H and O–H groups in total. The smallest absolute Gasteiger partial charge is 0.257 e. The number of rotatable bonds is 6. The van der Waals surface area contributed by atoms with Gasteiger partial charge < -0.3 is 19.0 Å². The Hall–Kier alpha value is -1.86. The van der Waals surface area contributed by atoms with Crippen LogP contribution < -0.4 is 0 Å². The summed E-state index contributed by atoms with van der Waals surface area (Å²) in [4.78, 5) is 30.9. The molecule has 156 valence electrons. The van der Waals surface area contributed by atoms with E-state index in [1.807, 2.05) is 18.9 Å². The van der Waals surface area contributed by atoms with E-state index in [2.05, 4.69) is 4.90 Å². The Kier molecular flexibility index (Phi) is 7.13. The molecule has 28 heavy (non-hydrogen) atoms. The van der Waals surface area contributed by atoms with Crippen molar-refractivity contribution in [1.29, 1.82) is 0 Å². The van der Waals surface area contributed by atoms with E-state index < -0.39 is 0 Å². The highest BCUT2D eigenvalue weighted by molar-refractivity contribution is 5.94. The molecule has 2 saturated heterocycles. The normalized spacial score (nSPS) is 21.1. The van der Waals surface area contributed by atoms with Crippen LogP contribution in [-0.4, -0.2) is 85.0 Å². The van der Waals surface area contributed by atoms with Crippen molar-refractivity contribution in [1.82, 2.24) is 14.7 Å². The van der Waals surface area contributed by atoms with E-state index in [1.165, 1.54) is 0 Å². The highest BCUT2D eigenvalue weighted by Gasteiger charge is 2.32. The van der Waals surface area contributed by atoms with E-state index in [4.69, 9.17) is 9.15 Å². The summed E-state index contributed by atoms with van der Waals surface area (Å²) in [6, 6.07) is 2.53. The molecule has 1 unspecified atom stereocenters. The molecule has 0 aliphatic carbocycles. The number of carbonyl (C=O) groups excluding carboxylic acids is 2. The first-order chi connectivity index (χ1) is 13.5.